The molecule has 0 aromatic rings. The normalized spacial score (nSPS) is 15.0. The summed E-state index contributed by atoms with van der Waals surface area (Å²) in [7, 11) is 0. The van der Waals surface area contributed by atoms with Crippen molar-refractivity contribution in [2.24, 2.45) is 0 Å². The predicted octanol–water partition coefficient (Wildman–Crippen LogP) is 1.84. The third-order valence-corrected chi connectivity index (χ3v) is 1.82. The second-order valence-corrected chi connectivity index (χ2v) is 2.52. The molecule has 0 bridgehead atoms. The van der Waals surface area contributed by atoms with Crippen LogP contribution in [0.5, 0.6) is 0 Å². The minimum atomic E-state index is -0.436. The van der Waals surface area contributed by atoms with Crippen LogP contribution in [-0.2, 0) is 0 Å². The van der Waals surface area contributed by atoms with Crippen LogP contribution in [-0.4, -0.2) is 10.3 Å². The van der Waals surface area contributed by atoms with Gasteiger partial charge in [-0.25, -0.2) is 10.1 Å². The van der Waals surface area contributed by atoms with Crippen LogP contribution in [0.25, 0.3) is 0 Å². The summed E-state index contributed by atoms with van der Waals surface area (Å²) in [4.78, 5) is 9.74. The van der Waals surface area contributed by atoms with E-state index in [9.17, 15) is 10.1 Å². The van der Waals surface area contributed by atoms with E-state index in [1.165, 1.54) is 12.2 Å². The third-order valence-electron chi connectivity index (χ3n) is 1.22. The molecule has 1 aliphatic carbocycles. The van der Waals surface area contributed by atoms with Gasteiger partial charge in [-0.05, 0) is 0 Å². The molecule has 0 amide bonds. The van der Waals surface area contributed by atoms with Gasteiger partial charge in [0.05, 0.1) is 17.5 Å². The molecule has 0 fully saturated rings. The maximum atomic E-state index is 10.2. The summed E-state index contributed by atoms with van der Waals surface area (Å²) < 4.78 is 0. The summed E-state index contributed by atoms with van der Waals surface area (Å²) in [5.74, 6) is 0. The summed E-state index contributed by atoms with van der Waals surface area (Å²) in [6.07, 6.45) is 7.29. The fraction of sp³-hybridized carbons (Fsp3) is 0.143. The Labute approximate surface area is 72.4 Å². The Morgan fingerprint density at radius 2 is 2.36 bits per heavy atom. The van der Waals surface area contributed by atoms with Gasteiger partial charge in [0.2, 0.25) is 0 Å². The summed E-state index contributed by atoms with van der Waals surface area (Å²) in [5.41, 5.74) is 0.991. The Kier molecular flexibility index (Phi) is 2.52. The molecular weight excluding hydrogens is 210 g/mol. The van der Waals surface area contributed by atoms with E-state index in [2.05, 4.69) is 22.0 Å². The van der Waals surface area contributed by atoms with Crippen molar-refractivity contribution in [1.82, 2.24) is 0 Å². The highest BCUT2D eigenvalue weighted by Gasteiger charge is 2.17. The topological polar surface area (TPSA) is 43.1 Å². The molecule has 0 saturated heterocycles. The SMILES string of the molecule is O=[N+]([O-])C1=C[C+]=C(CBr)C=C1. The summed E-state index contributed by atoms with van der Waals surface area (Å²) in [6, 6.07) is 0. The van der Waals surface area contributed by atoms with Gasteiger partial charge in [0, 0.05) is 0 Å². The van der Waals surface area contributed by atoms with Crippen LogP contribution in [0.4, 0.5) is 0 Å². The summed E-state index contributed by atoms with van der Waals surface area (Å²) >= 11 is 3.22. The van der Waals surface area contributed by atoms with Crippen LogP contribution in [0, 0.1) is 16.2 Å². The zero-order valence-electron chi connectivity index (χ0n) is 5.58. The second-order valence-electron chi connectivity index (χ2n) is 1.96. The average molecular weight is 215 g/mol. The molecule has 0 aromatic carbocycles. The number of allylic oxidation sites excluding steroid dienone is 5. The quantitative estimate of drug-likeness (QED) is 0.305. The molecule has 0 aliphatic heterocycles. The zero-order valence-corrected chi connectivity index (χ0v) is 7.17. The Morgan fingerprint density at radius 3 is 2.73 bits per heavy atom. The maximum absolute atomic E-state index is 10.2. The molecular formula is C7H5BrNO2+. The van der Waals surface area contributed by atoms with Gasteiger partial charge in [-0.3, -0.25) is 0 Å². The van der Waals surface area contributed by atoms with Crippen molar-refractivity contribution in [3.63, 3.8) is 0 Å². The van der Waals surface area contributed by atoms with Gasteiger partial charge in [-0.2, -0.15) is 0 Å². The van der Waals surface area contributed by atoms with E-state index in [4.69, 9.17) is 0 Å². The molecule has 0 atom stereocenters. The summed E-state index contributed by atoms with van der Waals surface area (Å²) in [5, 5.41) is 10.8. The fourth-order valence-corrected chi connectivity index (χ4v) is 0.994. The first kappa shape index (κ1) is 8.11. The lowest BCUT2D eigenvalue weighted by atomic mass is 10.1. The van der Waals surface area contributed by atoms with Gasteiger partial charge in [-0.15, -0.1) is 0 Å². The minimum absolute atomic E-state index is 0.0784. The molecule has 1 aliphatic rings. The van der Waals surface area contributed by atoms with Gasteiger partial charge >= 0.3 is 5.70 Å². The summed E-state index contributed by atoms with van der Waals surface area (Å²) in [6.45, 7) is 0. The van der Waals surface area contributed by atoms with Crippen molar-refractivity contribution in [2.75, 3.05) is 5.33 Å². The van der Waals surface area contributed by atoms with Gasteiger partial charge in [0.25, 0.3) is 0 Å². The highest BCUT2D eigenvalue weighted by molar-refractivity contribution is 9.09. The van der Waals surface area contributed by atoms with Gasteiger partial charge in [-0.1, -0.05) is 15.9 Å². The van der Waals surface area contributed by atoms with E-state index in [0.717, 1.165) is 5.57 Å². The number of hydrogen-bond acceptors (Lipinski definition) is 2. The van der Waals surface area contributed by atoms with Crippen LogP contribution >= 0.6 is 15.9 Å². The first-order valence-electron chi connectivity index (χ1n) is 2.95. The third kappa shape index (κ3) is 1.97. The monoisotopic (exact) mass is 214 g/mol. The van der Waals surface area contributed by atoms with E-state index in [1.807, 2.05) is 0 Å². The van der Waals surface area contributed by atoms with E-state index >= 15 is 0 Å². The van der Waals surface area contributed by atoms with Crippen molar-refractivity contribution >= 4 is 15.9 Å². The van der Waals surface area contributed by atoms with Crippen LogP contribution < -0.4 is 0 Å². The average Bonchev–Trinajstić information content (AvgIpc) is 2.05. The molecule has 0 spiro atoms. The van der Waals surface area contributed by atoms with Crippen molar-refractivity contribution in [3.8, 4) is 0 Å². The molecule has 0 unspecified atom stereocenters. The van der Waals surface area contributed by atoms with E-state index in [1.54, 1.807) is 6.08 Å². The Hall–Kier alpha value is -0.990. The lowest BCUT2D eigenvalue weighted by Crippen LogP contribution is -1.98. The highest BCUT2D eigenvalue weighted by Crippen LogP contribution is 2.11. The molecule has 1 rings (SSSR count). The molecule has 0 aromatic heterocycles. The smallest absolute Gasteiger partial charge is 0.246 e. The van der Waals surface area contributed by atoms with Crippen molar-refractivity contribution in [1.29, 1.82) is 0 Å². The van der Waals surface area contributed by atoms with Crippen LogP contribution in [0.3, 0.4) is 0 Å². The molecule has 11 heavy (non-hydrogen) atoms. The molecule has 4 heteroatoms. The fourth-order valence-electron chi connectivity index (χ4n) is 0.646. The number of halogens is 1. The van der Waals surface area contributed by atoms with Gasteiger partial charge in [0.1, 0.15) is 16.6 Å². The molecule has 0 N–H and O–H groups in total. The molecule has 0 heterocycles. The molecule has 3 nitrogen and oxygen atoms in total. The highest BCUT2D eigenvalue weighted by atomic mass is 79.9. The van der Waals surface area contributed by atoms with Crippen LogP contribution in [0.15, 0.2) is 29.5 Å². The van der Waals surface area contributed by atoms with Crippen molar-refractivity contribution in [2.45, 2.75) is 0 Å². The molecule has 56 valence electrons. The number of hydrogen-bond donors (Lipinski definition) is 0. The van der Waals surface area contributed by atoms with Crippen molar-refractivity contribution < 1.29 is 4.92 Å². The molecule has 0 saturated carbocycles. The van der Waals surface area contributed by atoms with Crippen molar-refractivity contribution in [3.05, 3.63) is 45.7 Å². The molecule has 0 radical (unpaired) electrons. The first-order chi connectivity index (χ1) is 5.24. The largest absolute Gasteiger partial charge is 0.378 e. The maximum Gasteiger partial charge on any atom is 0.378 e. The van der Waals surface area contributed by atoms with Crippen LogP contribution in [0.2, 0.25) is 0 Å². The number of nitro groups is 1. The predicted molar refractivity (Wildman–Crippen MR) is 44.8 cm³/mol. The number of nitrogens with zero attached hydrogens (tertiary/aromatic N) is 1. The number of alkyl halides is 1. The van der Waals surface area contributed by atoms with E-state index in [-0.39, 0.29) is 5.70 Å². The van der Waals surface area contributed by atoms with E-state index < -0.39 is 4.92 Å². The zero-order chi connectivity index (χ0) is 8.27. The minimum Gasteiger partial charge on any atom is -0.246 e. The van der Waals surface area contributed by atoms with Crippen LogP contribution in [0.1, 0.15) is 0 Å². The first-order valence-corrected chi connectivity index (χ1v) is 4.07. The second kappa shape index (κ2) is 3.42. The lowest BCUT2D eigenvalue weighted by molar-refractivity contribution is -0.419. The van der Waals surface area contributed by atoms with E-state index in [0.29, 0.717) is 5.33 Å². The standard InChI is InChI=1S/C7H5BrNO2/c8-5-6-1-3-7(4-2-6)9(10)11/h1,3-4H,5H2/q+1. The Bertz CT molecular complexity index is 266. The number of rotatable bonds is 2. The van der Waals surface area contributed by atoms with Gasteiger partial charge < -0.3 is 0 Å². The Balaban J connectivity index is 2.81. The lowest BCUT2D eigenvalue weighted by Gasteiger charge is -1.87. The van der Waals surface area contributed by atoms with Gasteiger partial charge in [0.15, 0.2) is 6.08 Å². The Morgan fingerprint density at radius 1 is 1.64 bits per heavy atom.